The van der Waals surface area contributed by atoms with Crippen molar-refractivity contribution in [2.75, 3.05) is 0 Å². The summed E-state index contributed by atoms with van der Waals surface area (Å²) < 4.78 is 219. The van der Waals surface area contributed by atoms with Crippen molar-refractivity contribution in [3.05, 3.63) is 32.4 Å². The van der Waals surface area contributed by atoms with E-state index in [0.29, 0.717) is 0 Å². The maximum atomic E-state index is 13.9. The molecule has 0 N–H and O–H groups in total. The number of hydrogen-bond donors (Lipinski definition) is 0. The van der Waals surface area contributed by atoms with Crippen molar-refractivity contribution >= 4 is 22.6 Å². The van der Waals surface area contributed by atoms with Gasteiger partial charge in [-0.25, -0.2) is 17.6 Å². The molecule has 0 amide bonds. The quantitative estimate of drug-likeness (QED) is 0.149. The van der Waals surface area contributed by atoms with E-state index in [1.165, 1.54) is 0 Å². The molecule has 0 fully saturated rings. The summed E-state index contributed by atoms with van der Waals surface area (Å²) in [5, 5.41) is 0. The van der Waals surface area contributed by atoms with Crippen LogP contribution in [0.5, 0.6) is 0 Å². The lowest BCUT2D eigenvalue weighted by Crippen LogP contribution is -2.69. The van der Waals surface area contributed by atoms with E-state index >= 15 is 0 Å². The Hall–Kier alpha value is -1.24. The third kappa shape index (κ3) is 3.26. The highest BCUT2D eigenvalue weighted by molar-refractivity contribution is 14.1. The number of benzene rings is 1. The van der Waals surface area contributed by atoms with Gasteiger partial charge in [0.2, 0.25) is 0 Å². The van der Waals surface area contributed by atoms with Crippen LogP contribution in [0, 0.1) is 26.8 Å². The van der Waals surface area contributed by atoms with Gasteiger partial charge in [0, 0.05) is 0 Å². The lowest BCUT2D eigenvalue weighted by molar-refractivity contribution is -0.442. The Morgan fingerprint density at radius 2 is 0.767 bits per heavy atom. The Bertz CT molecular complexity index is 807. The van der Waals surface area contributed by atoms with Crippen LogP contribution < -0.4 is 0 Å². The zero-order valence-corrected chi connectivity index (χ0v) is 15.0. The lowest BCUT2D eigenvalue weighted by Gasteiger charge is -2.40. The van der Waals surface area contributed by atoms with E-state index in [4.69, 9.17) is 0 Å². The van der Waals surface area contributed by atoms with Crippen molar-refractivity contribution in [2.24, 2.45) is 0 Å². The second-order valence-electron chi connectivity index (χ2n) is 5.31. The third-order valence-electron chi connectivity index (χ3n) is 3.46. The van der Waals surface area contributed by atoms with E-state index in [-0.39, 0.29) is 22.6 Å². The van der Waals surface area contributed by atoms with Crippen LogP contribution in [0.4, 0.5) is 74.6 Å². The van der Waals surface area contributed by atoms with E-state index in [2.05, 4.69) is 0 Å². The Balaban J connectivity index is 3.87. The molecule has 0 spiro atoms. The maximum Gasteiger partial charge on any atom is 0.460 e. The monoisotopic (exact) mass is 594 g/mol. The van der Waals surface area contributed by atoms with Crippen LogP contribution in [0.25, 0.3) is 0 Å². The molecule has 0 unspecified atom stereocenters. The highest BCUT2D eigenvalue weighted by atomic mass is 127. The SMILES string of the molecule is Fc1c(F)c(F)c(C(F)(F)C(F)(F)C(F)(F)C(F)(F)C(F)(F)C(F)(F)F)c(I)c1F. The molecule has 1 aromatic carbocycles. The van der Waals surface area contributed by atoms with Gasteiger partial charge in [-0.3, -0.25) is 0 Å². The first-order valence-corrected chi connectivity index (χ1v) is 7.48. The number of alkyl halides is 13. The Labute approximate surface area is 166 Å². The summed E-state index contributed by atoms with van der Waals surface area (Å²) >= 11 is 0.0207. The van der Waals surface area contributed by atoms with E-state index in [1.54, 1.807) is 0 Å². The molecule has 0 aromatic heterocycles. The molecular formula is C12F17I. The second kappa shape index (κ2) is 7.14. The first-order chi connectivity index (χ1) is 12.9. The van der Waals surface area contributed by atoms with Gasteiger partial charge in [-0.15, -0.1) is 0 Å². The van der Waals surface area contributed by atoms with E-state index in [9.17, 15) is 74.6 Å². The first-order valence-electron chi connectivity index (χ1n) is 6.40. The minimum absolute atomic E-state index is 0.0207. The molecule has 0 aliphatic carbocycles. The molecule has 0 saturated heterocycles. The van der Waals surface area contributed by atoms with Crippen LogP contribution in [0.1, 0.15) is 5.56 Å². The molecule has 0 saturated carbocycles. The normalized spacial score (nSPS) is 15.0. The summed E-state index contributed by atoms with van der Waals surface area (Å²) in [6.45, 7) is 0. The summed E-state index contributed by atoms with van der Waals surface area (Å²) in [5.41, 5.74) is -3.53. The zero-order valence-electron chi connectivity index (χ0n) is 12.8. The highest BCUT2D eigenvalue weighted by Gasteiger charge is 2.91. The predicted molar refractivity (Wildman–Crippen MR) is 68.7 cm³/mol. The average molecular weight is 594 g/mol. The molecule has 0 heterocycles. The van der Waals surface area contributed by atoms with Gasteiger partial charge >= 0.3 is 35.8 Å². The van der Waals surface area contributed by atoms with Crippen molar-refractivity contribution in [1.82, 2.24) is 0 Å². The van der Waals surface area contributed by atoms with E-state index < -0.39 is 68.2 Å². The molecule has 0 bridgehead atoms. The molecule has 0 radical (unpaired) electrons. The molecule has 0 aliphatic heterocycles. The fourth-order valence-corrected chi connectivity index (χ4v) is 2.62. The van der Waals surface area contributed by atoms with Crippen molar-refractivity contribution in [2.45, 2.75) is 35.8 Å². The Kier molecular flexibility index (Phi) is 6.38. The van der Waals surface area contributed by atoms with Gasteiger partial charge < -0.3 is 0 Å². The van der Waals surface area contributed by atoms with Crippen molar-refractivity contribution in [3.63, 3.8) is 0 Å². The summed E-state index contributed by atoms with van der Waals surface area (Å²) in [4.78, 5) is 0. The fraction of sp³-hybridized carbons (Fsp3) is 0.500. The average Bonchev–Trinajstić information content (AvgIpc) is 2.56. The molecule has 30 heavy (non-hydrogen) atoms. The molecule has 174 valence electrons. The Morgan fingerprint density at radius 1 is 0.433 bits per heavy atom. The van der Waals surface area contributed by atoms with Gasteiger partial charge in [0.15, 0.2) is 23.3 Å². The lowest BCUT2D eigenvalue weighted by atomic mass is 9.90. The molecular weight excluding hydrogens is 594 g/mol. The first kappa shape index (κ1) is 26.8. The van der Waals surface area contributed by atoms with Gasteiger partial charge in [0.25, 0.3) is 0 Å². The number of rotatable bonds is 5. The van der Waals surface area contributed by atoms with Crippen molar-refractivity contribution < 1.29 is 74.6 Å². The molecule has 1 aromatic rings. The molecule has 0 aliphatic rings. The summed E-state index contributed by atoms with van der Waals surface area (Å²) in [6.07, 6.45) is -7.67. The minimum Gasteiger partial charge on any atom is -0.203 e. The topological polar surface area (TPSA) is 0 Å². The number of halogens is 18. The van der Waals surface area contributed by atoms with Crippen LogP contribution in [0.3, 0.4) is 0 Å². The largest absolute Gasteiger partial charge is 0.460 e. The maximum absolute atomic E-state index is 13.9. The van der Waals surface area contributed by atoms with Crippen LogP contribution in [0.2, 0.25) is 0 Å². The van der Waals surface area contributed by atoms with Gasteiger partial charge in [0.05, 0.1) is 9.13 Å². The van der Waals surface area contributed by atoms with Crippen LogP contribution >= 0.6 is 22.6 Å². The van der Waals surface area contributed by atoms with Crippen LogP contribution in [0.15, 0.2) is 0 Å². The Morgan fingerprint density at radius 3 is 1.13 bits per heavy atom. The highest BCUT2D eigenvalue weighted by Crippen LogP contribution is 2.62. The third-order valence-corrected chi connectivity index (χ3v) is 4.47. The zero-order chi connectivity index (χ0) is 24.5. The van der Waals surface area contributed by atoms with E-state index in [1.807, 2.05) is 0 Å². The van der Waals surface area contributed by atoms with Crippen LogP contribution in [-0.4, -0.2) is 29.9 Å². The predicted octanol–water partition coefficient (Wildman–Crippen LogP) is 7.04. The fourth-order valence-electron chi connectivity index (χ4n) is 1.81. The standard InChI is InChI=1S/C12F17I/c13-2-1(6(30)5(16)4(15)3(2)14)7(17,18)8(19,20)9(21,22)10(23,24)11(25,26)12(27,28)29. The van der Waals surface area contributed by atoms with Gasteiger partial charge in [-0.05, 0) is 22.6 Å². The molecule has 0 nitrogen and oxygen atoms in total. The van der Waals surface area contributed by atoms with Crippen molar-refractivity contribution in [1.29, 1.82) is 0 Å². The van der Waals surface area contributed by atoms with Crippen molar-refractivity contribution in [3.8, 4) is 0 Å². The second-order valence-corrected chi connectivity index (χ2v) is 6.39. The molecule has 0 atom stereocenters. The molecule has 1 rings (SSSR count). The molecule has 18 heteroatoms. The number of hydrogen-bond acceptors (Lipinski definition) is 0. The summed E-state index contributed by atoms with van der Waals surface area (Å²) in [7, 11) is 0. The van der Waals surface area contributed by atoms with Crippen LogP contribution in [-0.2, 0) is 5.92 Å². The minimum atomic E-state index is -8.31. The summed E-state index contributed by atoms with van der Waals surface area (Å²) in [5.74, 6) is -52.6. The van der Waals surface area contributed by atoms with Gasteiger partial charge in [-0.2, -0.15) is 57.1 Å². The van der Waals surface area contributed by atoms with Gasteiger partial charge in [0.1, 0.15) is 0 Å². The smallest absolute Gasteiger partial charge is 0.203 e. The van der Waals surface area contributed by atoms with Gasteiger partial charge in [-0.1, -0.05) is 0 Å². The van der Waals surface area contributed by atoms with E-state index in [0.717, 1.165) is 0 Å². The summed E-state index contributed by atoms with van der Waals surface area (Å²) in [6, 6.07) is 0.